The third-order valence-electron chi connectivity index (χ3n) is 10.8. The van der Waals surface area contributed by atoms with Crippen molar-refractivity contribution in [3.05, 3.63) is 0 Å². The topological polar surface area (TPSA) is 212 Å². The summed E-state index contributed by atoms with van der Waals surface area (Å²) >= 11 is 0. The van der Waals surface area contributed by atoms with Gasteiger partial charge in [0, 0.05) is 0 Å². The number of hydrogen-bond donors (Lipinski definition) is 7. The van der Waals surface area contributed by atoms with E-state index >= 15 is 0 Å². The van der Waals surface area contributed by atoms with E-state index in [2.05, 4.69) is 23.3 Å². The summed E-state index contributed by atoms with van der Waals surface area (Å²) in [4.78, 5) is 13.1. The van der Waals surface area contributed by atoms with E-state index in [1.807, 2.05) is 0 Å². The average Bonchev–Trinajstić information content (AvgIpc) is 3.15. The lowest BCUT2D eigenvalue weighted by atomic mass is 9.99. The lowest BCUT2D eigenvalue weighted by molar-refractivity contribution is -0.298. The standard InChI is InChI=1S/C41H81NO12S/c1-3-5-7-9-11-13-15-16-17-18-20-21-23-25-27-29-34(44)33(32-52-41-38(47)39(54-55(49,50)51)37(46)36(31-43)53-41)42-40(48)35(45)30-28-26-24-22-19-14-12-10-8-6-4-2/h33-39,41,43-47H,3-32H2,1-2H3,(H,42,48)(H,49,50,51). The zero-order chi connectivity index (χ0) is 40.7. The second-order valence-electron chi connectivity index (χ2n) is 15.8. The van der Waals surface area contributed by atoms with Crippen LogP contribution in [0.1, 0.15) is 194 Å². The lowest BCUT2D eigenvalue weighted by Gasteiger charge is -2.41. The summed E-state index contributed by atoms with van der Waals surface area (Å²) in [6.07, 6.45) is 20.1. The Morgan fingerprint density at radius 1 is 0.655 bits per heavy atom. The number of aliphatic hydroxyl groups is 5. The van der Waals surface area contributed by atoms with Crippen molar-refractivity contribution in [3.63, 3.8) is 0 Å². The molecule has 1 saturated heterocycles. The fraction of sp³-hybridized carbons (Fsp3) is 0.976. The molecular weight excluding hydrogens is 731 g/mol. The van der Waals surface area contributed by atoms with Gasteiger partial charge in [-0.1, -0.05) is 181 Å². The normalized spacial score (nSPS) is 22.1. The highest BCUT2D eigenvalue weighted by molar-refractivity contribution is 7.80. The van der Waals surface area contributed by atoms with Gasteiger partial charge in [-0.3, -0.25) is 9.35 Å². The van der Waals surface area contributed by atoms with Crippen molar-refractivity contribution >= 4 is 16.3 Å². The second kappa shape index (κ2) is 33.0. The van der Waals surface area contributed by atoms with Gasteiger partial charge >= 0.3 is 10.4 Å². The van der Waals surface area contributed by atoms with Gasteiger partial charge in [0.15, 0.2) is 6.29 Å². The zero-order valence-electron chi connectivity index (χ0n) is 34.4. The van der Waals surface area contributed by atoms with E-state index in [0.29, 0.717) is 19.3 Å². The Hall–Kier alpha value is -0.940. The smallest absolute Gasteiger partial charge is 0.394 e. The summed E-state index contributed by atoms with van der Waals surface area (Å²) in [5.74, 6) is -0.669. The Morgan fingerprint density at radius 3 is 1.45 bits per heavy atom. The molecule has 0 spiro atoms. The minimum atomic E-state index is -5.10. The quantitative estimate of drug-likeness (QED) is 0.0255. The minimum Gasteiger partial charge on any atom is -0.394 e. The molecule has 13 nitrogen and oxygen atoms in total. The molecule has 0 aromatic carbocycles. The Morgan fingerprint density at radius 2 is 1.05 bits per heavy atom. The first kappa shape index (κ1) is 52.1. The van der Waals surface area contributed by atoms with Gasteiger partial charge in [0.2, 0.25) is 5.91 Å². The molecule has 1 fully saturated rings. The molecule has 14 heteroatoms. The molecule has 0 aromatic heterocycles. The maximum absolute atomic E-state index is 13.1. The Balaban J connectivity index is 2.59. The third kappa shape index (κ3) is 25.9. The Labute approximate surface area is 333 Å². The van der Waals surface area contributed by atoms with Crippen molar-refractivity contribution in [1.29, 1.82) is 0 Å². The van der Waals surface area contributed by atoms with Crippen LogP contribution in [0.3, 0.4) is 0 Å². The molecule has 8 atom stereocenters. The van der Waals surface area contributed by atoms with Crippen LogP contribution in [0.4, 0.5) is 0 Å². The van der Waals surface area contributed by atoms with Gasteiger partial charge in [-0.2, -0.15) is 8.42 Å². The maximum atomic E-state index is 13.1. The van der Waals surface area contributed by atoms with Crippen LogP contribution < -0.4 is 5.32 Å². The number of aliphatic hydroxyl groups excluding tert-OH is 5. The predicted molar refractivity (Wildman–Crippen MR) is 215 cm³/mol. The highest BCUT2D eigenvalue weighted by Gasteiger charge is 2.48. The van der Waals surface area contributed by atoms with Crippen LogP contribution in [-0.4, -0.2) is 107 Å². The first-order chi connectivity index (χ1) is 26.4. The van der Waals surface area contributed by atoms with Crippen molar-refractivity contribution in [1.82, 2.24) is 5.32 Å². The third-order valence-corrected chi connectivity index (χ3v) is 11.2. The van der Waals surface area contributed by atoms with Crippen LogP contribution in [0, 0.1) is 0 Å². The number of ether oxygens (including phenoxy) is 2. The molecular formula is C41H81NO12S. The summed E-state index contributed by atoms with van der Waals surface area (Å²) < 4.78 is 47.5. The van der Waals surface area contributed by atoms with Gasteiger partial charge in [-0.05, 0) is 12.8 Å². The van der Waals surface area contributed by atoms with Crippen LogP contribution >= 0.6 is 0 Å². The molecule has 1 aliphatic rings. The summed E-state index contributed by atoms with van der Waals surface area (Å²) in [7, 11) is -5.10. The molecule has 0 radical (unpaired) electrons. The predicted octanol–water partition coefficient (Wildman–Crippen LogP) is 6.80. The molecule has 328 valence electrons. The molecule has 1 amide bonds. The van der Waals surface area contributed by atoms with E-state index in [9.17, 15) is 38.7 Å². The number of rotatable bonds is 37. The largest absolute Gasteiger partial charge is 0.397 e. The van der Waals surface area contributed by atoms with Crippen molar-refractivity contribution in [3.8, 4) is 0 Å². The Kier molecular flexibility index (Phi) is 31.2. The molecule has 0 aliphatic carbocycles. The van der Waals surface area contributed by atoms with Gasteiger partial charge in [0.25, 0.3) is 0 Å². The molecule has 1 heterocycles. The van der Waals surface area contributed by atoms with Crippen molar-refractivity contribution in [2.45, 2.75) is 243 Å². The zero-order valence-corrected chi connectivity index (χ0v) is 35.2. The second-order valence-corrected chi connectivity index (χ2v) is 16.8. The van der Waals surface area contributed by atoms with E-state index in [0.717, 1.165) is 38.5 Å². The van der Waals surface area contributed by atoms with Crippen LogP contribution in [0.5, 0.6) is 0 Å². The molecule has 1 aliphatic heterocycles. The molecule has 0 aromatic rings. The average molecular weight is 812 g/mol. The van der Waals surface area contributed by atoms with Gasteiger partial charge in [-0.25, -0.2) is 4.18 Å². The van der Waals surface area contributed by atoms with Gasteiger partial charge in [-0.15, -0.1) is 0 Å². The highest BCUT2D eigenvalue weighted by atomic mass is 32.3. The number of carbonyl (C=O) groups is 1. The van der Waals surface area contributed by atoms with Crippen molar-refractivity contribution in [2.75, 3.05) is 13.2 Å². The van der Waals surface area contributed by atoms with Crippen molar-refractivity contribution in [2.24, 2.45) is 0 Å². The summed E-state index contributed by atoms with van der Waals surface area (Å²) in [5.41, 5.74) is 0. The highest BCUT2D eigenvalue weighted by Crippen LogP contribution is 2.26. The number of unbranched alkanes of at least 4 members (excludes halogenated alkanes) is 24. The summed E-state index contributed by atoms with van der Waals surface area (Å²) in [6.45, 7) is 3.26. The SMILES string of the molecule is CCCCCCCCCCCCCCCCCC(O)C(COC1OC(CO)C(O)C(OS(=O)(=O)O)C1O)NC(=O)C(O)CCCCCCCCCCCCC. The number of nitrogens with one attached hydrogen (secondary N) is 1. The van der Waals surface area contributed by atoms with Crippen LogP contribution in [0.15, 0.2) is 0 Å². The van der Waals surface area contributed by atoms with E-state index in [-0.39, 0.29) is 6.42 Å². The number of carbonyl (C=O) groups excluding carboxylic acids is 1. The van der Waals surface area contributed by atoms with Crippen LogP contribution in [0.25, 0.3) is 0 Å². The minimum absolute atomic E-state index is 0.265. The van der Waals surface area contributed by atoms with E-state index < -0.39 is 78.5 Å². The summed E-state index contributed by atoms with van der Waals surface area (Å²) in [6, 6.07) is -1.03. The monoisotopic (exact) mass is 812 g/mol. The number of amides is 1. The molecule has 0 bridgehead atoms. The first-order valence-corrected chi connectivity index (χ1v) is 23.4. The fourth-order valence-electron chi connectivity index (χ4n) is 7.23. The first-order valence-electron chi connectivity index (χ1n) is 22.0. The fourth-order valence-corrected chi connectivity index (χ4v) is 7.74. The van der Waals surface area contributed by atoms with E-state index in [1.165, 1.54) is 116 Å². The maximum Gasteiger partial charge on any atom is 0.397 e. The van der Waals surface area contributed by atoms with E-state index in [4.69, 9.17) is 14.0 Å². The van der Waals surface area contributed by atoms with Gasteiger partial charge in [0.05, 0.1) is 25.4 Å². The van der Waals surface area contributed by atoms with Crippen LogP contribution in [-0.2, 0) is 28.9 Å². The molecule has 1 rings (SSSR count). The van der Waals surface area contributed by atoms with Gasteiger partial charge < -0.3 is 40.3 Å². The molecule has 0 saturated carbocycles. The number of hydrogen-bond acceptors (Lipinski definition) is 11. The Bertz CT molecular complexity index is 1020. The lowest BCUT2D eigenvalue weighted by Crippen LogP contribution is -2.61. The molecule has 8 unspecified atom stereocenters. The summed E-state index contributed by atoms with van der Waals surface area (Å²) in [5, 5.41) is 55.2. The van der Waals surface area contributed by atoms with Gasteiger partial charge in [0.1, 0.15) is 30.5 Å². The van der Waals surface area contributed by atoms with Crippen molar-refractivity contribution < 1.29 is 57.0 Å². The van der Waals surface area contributed by atoms with Crippen LogP contribution in [0.2, 0.25) is 0 Å². The molecule has 7 N–H and O–H groups in total. The molecule has 55 heavy (non-hydrogen) atoms. The van der Waals surface area contributed by atoms with E-state index in [1.54, 1.807) is 0 Å².